The van der Waals surface area contributed by atoms with Gasteiger partial charge >= 0.3 is 11.4 Å². The number of hydrogen-bond acceptors (Lipinski definition) is 7. The van der Waals surface area contributed by atoms with E-state index in [9.17, 15) is 28.8 Å². The van der Waals surface area contributed by atoms with Gasteiger partial charge in [-0.05, 0) is 75.9 Å². The van der Waals surface area contributed by atoms with Crippen LogP contribution in [0.3, 0.4) is 0 Å². The van der Waals surface area contributed by atoms with Gasteiger partial charge in [0.15, 0.2) is 0 Å². The van der Waals surface area contributed by atoms with Crippen LogP contribution in [-0.2, 0) is 6.54 Å². The maximum absolute atomic E-state index is 13.7. The molecular weight excluding hydrogens is 670 g/mol. The highest BCUT2D eigenvalue weighted by Crippen LogP contribution is 2.22. The molecule has 53 heavy (non-hydrogen) atoms. The fourth-order valence-corrected chi connectivity index (χ4v) is 6.59. The Balaban J connectivity index is 0.000000224. The average Bonchev–Trinajstić information content (AvgIpc) is 3.07. The molecule has 272 valence electrons. The number of fused-ring (bicyclic) bond motifs is 1. The zero-order chi connectivity index (χ0) is 38.7. The van der Waals surface area contributed by atoms with Crippen molar-refractivity contribution in [3.05, 3.63) is 176 Å². The highest BCUT2D eigenvalue weighted by atomic mass is 16.2. The van der Waals surface area contributed by atoms with Crippen molar-refractivity contribution >= 4 is 22.5 Å². The van der Waals surface area contributed by atoms with Crippen LogP contribution in [0.15, 0.2) is 92.0 Å². The number of benzene rings is 3. The summed E-state index contributed by atoms with van der Waals surface area (Å²) < 4.78 is 1.34. The minimum Gasteiger partial charge on any atom is -0.304 e. The topological polar surface area (TPSA) is 168 Å². The van der Waals surface area contributed by atoms with Crippen molar-refractivity contribution in [2.75, 3.05) is 0 Å². The van der Waals surface area contributed by atoms with Gasteiger partial charge < -0.3 is 4.98 Å². The molecule has 0 saturated carbocycles. The lowest BCUT2D eigenvalue weighted by molar-refractivity contribution is 0.102. The lowest BCUT2D eigenvalue weighted by Gasteiger charge is -2.18. The number of ketones is 2. The van der Waals surface area contributed by atoms with E-state index in [4.69, 9.17) is 0 Å². The number of aryl methyl sites for hydroxylation is 4. The fourth-order valence-electron chi connectivity index (χ4n) is 6.59. The number of para-hydroxylation sites is 1. The molecule has 3 aromatic heterocycles. The molecule has 0 saturated heterocycles. The van der Waals surface area contributed by atoms with Gasteiger partial charge in [-0.15, -0.1) is 0 Å². The molecule has 6 rings (SSSR count). The van der Waals surface area contributed by atoms with Crippen molar-refractivity contribution < 1.29 is 9.59 Å². The molecule has 3 N–H and O–H groups in total. The molecule has 6 aromatic rings. The maximum atomic E-state index is 13.7. The minimum absolute atomic E-state index is 0.0729. The number of hydrogen-bond donors (Lipinski definition) is 3. The van der Waals surface area contributed by atoms with E-state index in [1.165, 1.54) is 4.57 Å². The van der Waals surface area contributed by atoms with E-state index in [-0.39, 0.29) is 41.3 Å². The van der Waals surface area contributed by atoms with Crippen LogP contribution in [0.5, 0.6) is 0 Å². The smallest absolute Gasteiger partial charge is 0.304 e. The SMILES string of the molecule is Cc1cc(C)cc(C(=O)c2[nH]c(=O)[nH]c(=O)c2C(C)C)c1.Cc1cc(C)cc(C(=O)c2c(C(C)C)c(=O)[nH]c(=O)n2Cc2ccc3ccccc3n2)c1. The van der Waals surface area contributed by atoms with Crippen molar-refractivity contribution in [3.8, 4) is 0 Å². The quantitative estimate of drug-likeness (QED) is 0.159. The zero-order valence-electron chi connectivity index (χ0n) is 31.1. The van der Waals surface area contributed by atoms with E-state index in [0.717, 1.165) is 33.2 Å². The van der Waals surface area contributed by atoms with Crippen molar-refractivity contribution in [1.82, 2.24) is 24.5 Å². The summed E-state index contributed by atoms with van der Waals surface area (Å²) in [6.07, 6.45) is 0. The second kappa shape index (κ2) is 15.6. The number of carbonyl (C=O) groups excluding carboxylic acids is 2. The van der Waals surface area contributed by atoms with Crippen LogP contribution in [0.2, 0.25) is 0 Å². The molecule has 0 aliphatic carbocycles. The predicted molar refractivity (Wildman–Crippen MR) is 207 cm³/mol. The molecule has 0 spiro atoms. The van der Waals surface area contributed by atoms with Gasteiger partial charge in [0.05, 0.1) is 23.4 Å². The Hall–Kier alpha value is -6.23. The third kappa shape index (κ3) is 8.47. The van der Waals surface area contributed by atoms with E-state index in [2.05, 4.69) is 19.9 Å². The second-order valence-corrected chi connectivity index (χ2v) is 14.0. The summed E-state index contributed by atoms with van der Waals surface area (Å²) in [5, 5.41) is 0.986. The standard InChI is InChI=1S/C26H25N3O3.C16H18N2O3/c1-15(2)22-23(24(30)19-12-16(3)11-17(4)13-19)29(26(32)28-25(22)31)14-20-10-9-18-7-5-6-8-21(18)27-20;1-8(2)12-13(17-16(21)18-15(12)20)14(19)11-6-9(3)5-10(4)7-11/h5-13,15H,14H2,1-4H3,(H,28,31,32);5-8H,1-4H3,(H2,17,18,20,21). The van der Waals surface area contributed by atoms with E-state index in [0.29, 0.717) is 27.9 Å². The van der Waals surface area contributed by atoms with Gasteiger partial charge in [-0.1, -0.05) is 86.3 Å². The molecule has 0 radical (unpaired) electrons. The highest BCUT2D eigenvalue weighted by Gasteiger charge is 2.25. The molecule has 0 aliphatic rings. The number of nitrogens with one attached hydrogen (secondary N) is 3. The van der Waals surface area contributed by atoms with Crippen LogP contribution < -0.4 is 22.5 Å². The number of nitrogens with zero attached hydrogens (tertiary/aromatic N) is 2. The van der Waals surface area contributed by atoms with Crippen LogP contribution in [-0.4, -0.2) is 36.1 Å². The second-order valence-electron chi connectivity index (χ2n) is 14.0. The molecule has 0 bridgehead atoms. The monoisotopic (exact) mass is 713 g/mol. The molecule has 11 heteroatoms. The number of carbonyl (C=O) groups is 2. The zero-order valence-corrected chi connectivity index (χ0v) is 31.1. The third-order valence-electron chi connectivity index (χ3n) is 8.76. The minimum atomic E-state index is -0.669. The molecule has 0 fully saturated rings. The van der Waals surface area contributed by atoms with Gasteiger partial charge in [0.25, 0.3) is 11.1 Å². The van der Waals surface area contributed by atoms with E-state index in [1.807, 2.05) is 90.1 Å². The summed E-state index contributed by atoms with van der Waals surface area (Å²) in [5.74, 6) is -1.10. The Bertz CT molecular complexity index is 2580. The van der Waals surface area contributed by atoms with Crippen LogP contribution in [0.4, 0.5) is 0 Å². The fraction of sp³-hybridized carbons (Fsp3) is 0.262. The Labute approximate surface area is 305 Å². The first-order chi connectivity index (χ1) is 25.0. The number of pyridine rings is 1. The van der Waals surface area contributed by atoms with Crippen LogP contribution in [0, 0.1) is 27.7 Å². The van der Waals surface area contributed by atoms with Gasteiger partial charge in [-0.25, -0.2) is 9.59 Å². The van der Waals surface area contributed by atoms with E-state index < -0.39 is 22.5 Å². The first kappa shape index (κ1) is 38.0. The van der Waals surface area contributed by atoms with Crippen molar-refractivity contribution in [2.45, 2.75) is 73.8 Å². The number of rotatable bonds is 8. The lowest BCUT2D eigenvalue weighted by atomic mass is 9.95. The first-order valence-electron chi connectivity index (χ1n) is 17.4. The molecular formula is C42H43N5O6. The average molecular weight is 714 g/mol. The van der Waals surface area contributed by atoms with Gasteiger partial charge in [0.1, 0.15) is 5.69 Å². The number of aromatic nitrogens is 5. The van der Waals surface area contributed by atoms with Crippen LogP contribution in [0.25, 0.3) is 10.9 Å². The Morgan fingerprint density at radius 3 is 1.74 bits per heavy atom. The normalized spacial score (nSPS) is 11.1. The predicted octanol–water partition coefficient (Wildman–Crippen LogP) is 6.14. The summed E-state index contributed by atoms with van der Waals surface area (Å²) in [5.41, 5.74) is 4.60. The van der Waals surface area contributed by atoms with Crippen molar-refractivity contribution in [2.24, 2.45) is 0 Å². The summed E-state index contributed by atoms with van der Waals surface area (Å²) in [6.45, 7) is 15.0. The molecule has 0 atom stereocenters. The number of aromatic amines is 3. The maximum Gasteiger partial charge on any atom is 0.329 e. The van der Waals surface area contributed by atoms with Gasteiger partial charge in [0, 0.05) is 27.6 Å². The summed E-state index contributed by atoms with van der Waals surface area (Å²) in [6, 6.07) is 22.5. The molecule has 3 aromatic carbocycles. The van der Waals surface area contributed by atoms with Crippen LogP contribution >= 0.6 is 0 Å². The Kier molecular flexibility index (Phi) is 11.2. The van der Waals surface area contributed by atoms with Crippen molar-refractivity contribution in [3.63, 3.8) is 0 Å². The number of H-pyrrole nitrogens is 3. The third-order valence-corrected chi connectivity index (χ3v) is 8.76. The highest BCUT2D eigenvalue weighted by molar-refractivity contribution is 6.09. The molecule has 3 heterocycles. The Morgan fingerprint density at radius 1 is 0.642 bits per heavy atom. The molecule has 11 nitrogen and oxygen atoms in total. The Morgan fingerprint density at radius 2 is 1.17 bits per heavy atom. The summed E-state index contributed by atoms with van der Waals surface area (Å²) >= 11 is 0. The van der Waals surface area contributed by atoms with Crippen LogP contribution in [0.1, 0.15) is 111 Å². The largest absolute Gasteiger partial charge is 0.329 e. The van der Waals surface area contributed by atoms with Gasteiger partial charge in [-0.3, -0.25) is 38.7 Å². The summed E-state index contributed by atoms with van der Waals surface area (Å²) in [7, 11) is 0. The summed E-state index contributed by atoms with van der Waals surface area (Å²) in [4.78, 5) is 87.1. The van der Waals surface area contributed by atoms with Crippen molar-refractivity contribution in [1.29, 1.82) is 0 Å². The lowest BCUT2D eigenvalue weighted by Crippen LogP contribution is -2.38. The first-order valence-corrected chi connectivity index (χ1v) is 17.4. The van der Waals surface area contributed by atoms with Gasteiger partial charge in [-0.2, -0.15) is 0 Å². The van der Waals surface area contributed by atoms with E-state index in [1.54, 1.807) is 38.1 Å². The molecule has 0 unspecified atom stereocenters. The van der Waals surface area contributed by atoms with E-state index >= 15 is 0 Å². The van der Waals surface area contributed by atoms with Gasteiger partial charge in [0.2, 0.25) is 11.6 Å². The molecule has 0 amide bonds. The molecule has 0 aliphatic heterocycles.